The van der Waals surface area contributed by atoms with Gasteiger partial charge in [-0.05, 0) is 52.0 Å². The number of nitrogens with zero attached hydrogens (tertiary/aromatic N) is 2. The van der Waals surface area contributed by atoms with Crippen molar-refractivity contribution in [3.8, 4) is 0 Å². The fraction of sp³-hybridized carbons (Fsp3) is 0.0526. The Morgan fingerprint density at radius 2 is 1.90 bits per heavy atom. The maximum Gasteiger partial charge on any atom is 0.331 e. The number of thioether (sulfide) groups is 1. The molecule has 0 radical (unpaired) electrons. The molecule has 6 nitrogen and oxygen atoms in total. The monoisotopic (exact) mass is 512 g/mol. The summed E-state index contributed by atoms with van der Waals surface area (Å²) in [7, 11) is 1.19. The van der Waals surface area contributed by atoms with Crippen LogP contribution in [0.3, 0.4) is 0 Å². The molecular weight excluding hydrogens is 503 g/mol. The van der Waals surface area contributed by atoms with Gasteiger partial charge < -0.3 is 4.74 Å². The van der Waals surface area contributed by atoms with Crippen molar-refractivity contribution >= 4 is 79.5 Å². The van der Waals surface area contributed by atoms with Crippen molar-refractivity contribution in [2.24, 2.45) is 4.99 Å². The number of carbonyl (C=O) groups excluding carboxylic acids is 3. The highest BCUT2D eigenvalue weighted by molar-refractivity contribution is 9.10. The summed E-state index contributed by atoms with van der Waals surface area (Å²) in [6.45, 7) is 0. The summed E-state index contributed by atoms with van der Waals surface area (Å²) in [6.07, 6.45) is 1.03. The van der Waals surface area contributed by atoms with Crippen LogP contribution < -0.4 is 4.90 Å². The maximum absolute atomic E-state index is 12.9. The first-order valence-corrected chi connectivity index (χ1v) is 10.3. The first-order valence-electron chi connectivity index (χ1n) is 7.97. The Kier molecular flexibility index (Phi) is 6.79. The standard InChI is InChI=1S/C19H11BrCl2N2O4S/c1-28-15(25)9-14-18(27)24(13-8-4-7-12(21)16(13)22)19(29-14)23-17(26)10-5-2-3-6-11(10)20/h2-9H,1H3/b14-9+,23-19?. The predicted molar refractivity (Wildman–Crippen MR) is 118 cm³/mol. The zero-order valence-electron chi connectivity index (χ0n) is 14.7. The molecule has 1 aliphatic heterocycles. The molecule has 10 heteroatoms. The summed E-state index contributed by atoms with van der Waals surface area (Å²) < 4.78 is 5.14. The van der Waals surface area contributed by atoms with Crippen molar-refractivity contribution in [3.63, 3.8) is 0 Å². The molecule has 1 heterocycles. The van der Waals surface area contributed by atoms with Crippen LogP contribution in [0.1, 0.15) is 10.4 Å². The van der Waals surface area contributed by atoms with Gasteiger partial charge in [-0.15, -0.1) is 0 Å². The third-order valence-electron chi connectivity index (χ3n) is 3.73. The van der Waals surface area contributed by atoms with Gasteiger partial charge in [0.25, 0.3) is 11.8 Å². The van der Waals surface area contributed by atoms with E-state index in [0.29, 0.717) is 10.0 Å². The van der Waals surface area contributed by atoms with Crippen LogP contribution in [0.2, 0.25) is 10.0 Å². The fourth-order valence-electron chi connectivity index (χ4n) is 2.37. The third-order valence-corrected chi connectivity index (χ3v) is 6.20. The number of amides is 2. The van der Waals surface area contributed by atoms with Crippen LogP contribution in [-0.2, 0) is 14.3 Å². The Bertz CT molecular complexity index is 1090. The molecule has 2 aromatic rings. The highest BCUT2D eigenvalue weighted by atomic mass is 79.9. The molecule has 148 valence electrons. The van der Waals surface area contributed by atoms with Crippen LogP contribution in [0.5, 0.6) is 0 Å². The number of ether oxygens (including phenoxy) is 1. The van der Waals surface area contributed by atoms with Gasteiger partial charge in [-0.1, -0.05) is 41.4 Å². The summed E-state index contributed by atoms with van der Waals surface area (Å²) in [5.41, 5.74) is 0.555. The van der Waals surface area contributed by atoms with Crippen LogP contribution in [0.25, 0.3) is 0 Å². The zero-order chi connectivity index (χ0) is 21.1. The number of carbonyl (C=O) groups is 3. The van der Waals surface area contributed by atoms with Crippen molar-refractivity contribution in [2.75, 3.05) is 12.0 Å². The number of anilines is 1. The largest absolute Gasteiger partial charge is 0.466 e. The molecule has 3 rings (SSSR count). The summed E-state index contributed by atoms with van der Waals surface area (Å²) in [4.78, 5) is 42.5. The van der Waals surface area contributed by atoms with Gasteiger partial charge in [0.05, 0.1) is 33.3 Å². The summed E-state index contributed by atoms with van der Waals surface area (Å²) in [5, 5.41) is 0.377. The number of esters is 1. The van der Waals surface area contributed by atoms with E-state index in [1.807, 2.05) is 0 Å². The van der Waals surface area contributed by atoms with Crippen molar-refractivity contribution in [1.29, 1.82) is 0 Å². The molecule has 0 bridgehead atoms. The van der Waals surface area contributed by atoms with Crippen molar-refractivity contribution < 1.29 is 19.1 Å². The summed E-state index contributed by atoms with van der Waals surface area (Å²) >= 11 is 16.5. The number of halogens is 3. The zero-order valence-corrected chi connectivity index (χ0v) is 18.6. The lowest BCUT2D eigenvalue weighted by Gasteiger charge is -2.17. The van der Waals surface area contributed by atoms with Gasteiger partial charge in [0, 0.05) is 10.5 Å². The van der Waals surface area contributed by atoms with Gasteiger partial charge in [-0.25, -0.2) is 4.79 Å². The highest BCUT2D eigenvalue weighted by Gasteiger charge is 2.37. The van der Waals surface area contributed by atoms with Crippen molar-refractivity contribution in [3.05, 3.63) is 73.5 Å². The van der Waals surface area contributed by atoms with Gasteiger partial charge in [0.2, 0.25) is 0 Å². The lowest BCUT2D eigenvalue weighted by Crippen LogP contribution is -2.30. The average Bonchev–Trinajstić information content (AvgIpc) is 2.99. The summed E-state index contributed by atoms with van der Waals surface area (Å²) in [6, 6.07) is 11.5. The molecule has 0 saturated carbocycles. The van der Waals surface area contributed by atoms with E-state index >= 15 is 0 Å². The number of hydrogen-bond acceptors (Lipinski definition) is 5. The maximum atomic E-state index is 12.9. The quantitative estimate of drug-likeness (QED) is 0.422. The molecule has 1 fully saturated rings. The van der Waals surface area contributed by atoms with Crippen molar-refractivity contribution in [1.82, 2.24) is 0 Å². The van der Waals surface area contributed by atoms with E-state index in [-0.39, 0.29) is 25.8 Å². The van der Waals surface area contributed by atoms with Gasteiger partial charge in [-0.3, -0.25) is 14.5 Å². The molecule has 0 spiro atoms. The van der Waals surface area contributed by atoms with Gasteiger partial charge in [-0.2, -0.15) is 4.99 Å². The number of rotatable bonds is 3. The van der Waals surface area contributed by atoms with Gasteiger partial charge in [0.1, 0.15) is 0 Å². The Balaban J connectivity index is 2.11. The fourth-order valence-corrected chi connectivity index (χ4v) is 4.14. The molecule has 1 saturated heterocycles. The van der Waals surface area contributed by atoms with Crippen molar-refractivity contribution in [2.45, 2.75) is 0 Å². The van der Waals surface area contributed by atoms with Crippen LogP contribution in [0, 0.1) is 0 Å². The van der Waals surface area contributed by atoms with Gasteiger partial charge >= 0.3 is 5.97 Å². The second-order valence-electron chi connectivity index (χ2n) is 5.53. The topological polar surface area (TPSA) is 76.0 Å². The Morgan fingerprint density at radius 1 is 1.17 bits per heavy atom. The average molecular weight is 514 g/mol. The normalized spacial score (nSPS) is 16.6. The highest BCUT2D eigenvalue weighted by Crippen LogP contribution is 2.40. The smallest absolute Gasteiger partial charge is 0.331 e. The minimum atomic E-state index is -0.712. The van der Waals surface area contributed by atoms with Gasteiger partial charge in [0.15, 0.2) is 5.17 Å². The van der Waals surface area contributed by atoms with Crippen LogP contribution in [-0.4, -0.2) is 30.1 Å². The number of aliphatic imine (C=N–C) groups is 1. The molecule has 0 aliphatic carbocycles. The molecule has 1 aliphatic rings. The van der Waals surface area contributed by atoms with E-state index < -0.39 is 17.8 Å². The van der Waals surface area contributed by atoms with Crippen LogP contribution in [0.15, 0.2) is 62.9 Å². The van der Waals surface area contributed by atoms with E-state index in [2.05, 4.69) is 25.7 Å². The van der Waals surface area contributed by atoms with Crippen LogP contribution in [0.4, 0.5) is 5.69 Å². The Labute approximate surface area is 188 Å². The van der Waals surface area contributed by atoms with E-state index in [0.717, 1.165) is 22.7 Å². The number of methoxy groups -OCH3 is 1. The number of benzene rings is 2. The minimum Gasteiger partial charge on any atom is -0.466 e. The lowest BCUT2D eigenvalue weighted by atomic mass is 10.2. The summed E-state index contributed by atoms with van der Waals surface area (Å²) in [5.74, 6) is -1.87. The lowest BCUT2D eigenvalue weighted by molar-refractivity contribution is -0.135. The number of hydrogen-bond donors (Lipinski definition) is 0. The minimum absolute atomic E-state index is 0.0339. The number of amidine groups is 1. The molecule has 2 aromatic carbocycles. The molecule has 0 unspecified atom stereocenters. The first-order chi connectivity index (χ1) is 13.8. The van der Waals surface area contributed by atoms with E-state index in [9.17, 15) is 14.4 Å². The van der Waals surface area contributed by atoms with E-state index in [1.54, 1.807) is 42.5 Å². The second kappa shape index (κ2) is 9.13. The van der Waals surface area contributed by atoms with Crippen LogP contribution >= 0.6 is 50.9 Å². The first kappa shape index (κ1) is 21.6. The van der Waals surface area contributed by atoms with E-state index in [4.69, 9.17) is 23.2 Å². The molecular formula is C19H11BrCl2N2O4S. The third kappa shape index (κ3) is 4.56. The molecule has 29 heavy (non-hydrogen) atoms. The Hall–Kier alpha value is -2.13. The second-order valence-corrected chi connectivity index (χ2v) is 8.18. The molecule has 0 atom stereocenters. The molecule has 0 aromatic heterocycles. The Morgan fingerprint density at radius 3 is 2.59 bits per heavy atom. The van der Waals surface area contributed by atoms with E-state index in [1.165, 1.54) is 7.11 Å². The molecule has 0 N–H and O–H groups in total. The SMILES string of the molecule is COC(=O)/C=C1/SC(=NC(=O)c2ccccc2Br)N(c2cccc(Cl)c2Cl)C1=O. The molecule has 2 amide bonds. The predicted octanol–water partition coefficient (Wildman–Crippen LogP) is 5.09.